The van der Waals surface area contributed by atoms with Crippen LogP contribution in [0.1, 0.15) is 30.9 Å². The summed E-state index contributed by atoms with van der Waals surface area (Å²) in [5.41, 5.74) is 2.28. The summed E-state index contributed by atoms with van der Waals surface area (Å²) in [6.07, 6.45) is 2.47. The molecule has 2 aliphatic rings. The minimum atomic E-state index is -0.0449. The van der Waals surface area contributed by atoms with E-state index < -0.39 is 0 Å². The van der Waals surface area contributed by atoms with Crippen LogP contribution < -0.4 is 0 Å². The summed E-state index contributed by atoms with van der Waals surface area (Å²) in [7, 11) is 0. The second-order valence-corrected chi connectivity index (χ2v) is 5.76. The lowest BCUT2D eigenvalue weighted by molar-refractivity contribution is 0.298. The van der Waals surface area contributed by atoms with Crippen molar-refractivity contribution in [1.82, 2.24) is 4.90 Å². The molecule has 1 aliphatic heterocycles. The molecule has 2 atom stereocenters. The Hall–Kier alpha value is -0.600. The van der Waals surface area contributed by atoms with Crippen LogP contribution in [0.5, 0.6) is 0 Å². The maximum Gasteiger partial charge on any atom is 0.126 e. The van der Waals surface area contributed by atoms with Crippen molar-refractivity contribution in [2.75, 3.05) is 19.6 Å². The fourth-order valence-corrected chi connectivity index (χ4v) is 3.42. The van der Waals surface area contributed by atoms with Crippen molar-refractivity contribution in [2.24, 2.45) is 5.92 Å². The van der Waals surface area contributed by atoms with Crippen LogP contribution >= 0.6 is 12.4 Å². The van der Waals surface area contributed by atoms with Crippen molar-refractivity contribution in [3.05, 3.63) is 35.1 Å². The number of fused-ring (bicyclic) bond motifs is 1. The number of nitrogens with zero attached hydrogens (tertiary/aromatic N) is 1. The third kappa shape index (κ3) is 2.06. The molecule has 1 nitrogen and oxygen atoms in total. The molecule has 1 heterocycles. The van der Waals surface area contributed by atoms with E-state index in [0.29, 0.717) is 5.41 Å². The van der Waals surface area contributed by atoms with Gasteiger partial charge in [0.25, 0.3) is 0 Å². The van der Waals surface area contributed by atoms with Crippen LogP contribution in [-0.2, 0) is 5.41 Å². The quantitative estimate of drug-likeness (QED) is 0.811. The molecule has 1 saturated heterocycles. The lowest BCUT2D eigenvalue weighted by Crippen LogP contribution is -2.27. The van der Waals surface area contributed by atoms with E-state index in [1.165, 1.54) is 31.5 Å². The Bertz CT molecular complexity index is 448. The van der Waals surface area contributed by atoms with Gasteiger partial charge in [-0.25, -0.2) is 4.39 Å². The molecule has 100 valence electrons. The third-order valence-electron chi connectivity index (χ3n) is 4.50. The van der Waals surface area contributed by atoms with Gasteiger partial charge in [-0.1, -0.05) is 19.1 Å². The molecule has 3 heteroatoms. The first kappa shape index (κ1) is 13.8. The van der Waals surface area contributed by atoms with Gasteiger partial charge in [0.1, 0.15) is 5.82 Å². The Balaban J connectivity index is 0.00000120. The average Bonchev–Trinajstić information content (AvgIpc) is 2.87. The molecule has 3 rings (SSSR count). The Morgan fingerprint density at radius 2 is 2.22 bits per heavy atom. The largest absolute Gasteiger partial charge is 0.302 e. The highest BCUT2D eigenvalue weighted by Gasteiger charge is 2.60. The van der Waals surface area contributed by atoms with Gasteiger partial charge in [-0.15, -0.1) is 12.4 Å². The molecule has 1 saturated carbocycles. The number of aryl methyl sites for hydroxylation is 1. The molecule has 2 unspecified atom stereocenters. The monoisotopic (exact) mass is 269 g/mol. The van der Waals surface area contributed by atoms with E-state index in [2.05, 4.69) is 17.9 Å². The number of piperidine rings is 1. The number of halogens is 2. The maximum atomic E-state index is 13.7. The predicted molar refractivity (Wildman–Crippen MR) is 74.9 cm³/mol. The van der Waals surface area contributed by atoms with Crippen LogP contribution in [0, 0.1) is 18.7 Å². The second-order valence-electron chi connectivity index (χ2n) is 5.76. The molecule has 0 bridgehead atoms. The first-order valence-electron chi connectivity index (χ1n) is 6.65. The van der Waals surface area contributed by atoms with Crippen molar-refractivity contribution in [2.45, 2.75) is 32.1 Å². The highest BCUT2D eigenvalue weighted by Crippen LogP contribution is 2.59. The summed E-state index contributed by atoms with van der Waals surface area (Å²) in [6, 6.07) is 5.83. The van der Waals surface area contributed by atoms with Crippen LogP contribution in [0.15, 0.2) is 18.2 Å². The van der Waals surface area contributed by atoms with E-state index in [1.807, 2.05) is 13.0 Å². The summed E-state index contributed by atoms with van der Waals surface area (Å²) in [4.78, 5) is 2.53. The van der Waals surface area contributed by atoms with Crippen molar-refractivity contribution < 1.29 is 4.39 Å². The fraction of sp³-hybridized carbons (Fsp3) is 0.600. The molecule has 0 aromatic heterocycles. The van der Waals surface area contributed by atoms with Crippen molar-refractivity contribution in [3.63, 3.8) is 0 Å². The Morgan fingerprint density at radius 3 is 2.89 bits per heavy atom. The first-order chi connectivity index (χ1) is 8.15. The van der Waals surface area contributed by atoms with Gasteiger partial charge >= 0.3 is 0 Å². The molecule has 1 aromatic rings. The molecule has 0 N–H and O–H groups in total. The zero-order valence-corrected chi connectivity index (χ0v) is 11.9. The Labute approximate surface area is 115 Å². The summed E-state index contributed by atoms with van der Waals surface area (Å²) in [6.45, 7) is 7.59. The van der Waals surface area contributed by atoms with Crippen LogP contribution in [-0.4, -0.2) is 24.5 Å². The molecule has 0 amide bonds. The van der Waals surface area contributed by atoms with Crippen LogP contribution in [0.25, 0.3) is 0 Å². The van der Waals surface area contributed by atoms with E-state index in [4.69, 9.17) is 0 Å². The molecular formula is C15H21ClFN. The van der Waals surface area contributed by atoms with E-state index in [-0.39, 0.29) is 18.2 Å². The maximum absolute atomic E-state index is 13.7. The summed E-state index contributed by atoms with van der Waals surface area (Å²) >= 11 is 0. The molecular weight excluding hydrogens is 249 g/mol. The second kappa shape index (κ2) is 4.82. The lowest BCUT2D eigenvalue weighted by atomic mass is 9.94. The smallest absolute Gasteiger partial charge is 0.126 e. The minimum absolute atomic E-state index is 0. The summed E-state index contributed by atoms with van der Waals surface area (Å²) in [5.74, 6) is 0.729. The molecule has 2 fully saturated rings. The van der Waals surface area contributed by atoms with Gasteiger partial charge < -0.3 is 4.90 Å². The van der Waals surface area contributed by atoms with E-state index in [1.54, 1.807) is 6.07 Å². The minimum Gasteiger partial charge on any atom is -0.302 e. The van der Waals surface area contributed by atoms with Crippen molar-refractivity contribution >= 4 is 12.4 Å². The molecule has 0 spiro atoms. The molecule has 1 aromatic carbocycles. The number of benzene rings is 1. The highest BCUT2D eigenvalue weighted by molar-refractivity contribution is 5.85. The SMILES string of the molecule is CCCN1CC2CC2(c2ccc(C)c(F)c2)C1.Cl. The van der Waals surface area contributed by atoms with Crippen molar-refractivity contribution in [3.8, 4) is 0 Å². The fourth-order valence-electron chi connectivity index (χ4n) is 3.42. The lowest BCUT2D eigenvalue weighted by Gasteiger charge is -2.20. The standard InChI is InChI=1S/C15H20FN.ClH/c1-3-6-17-9-13-8-15(13,10-17)12-5-4-11(2)14(16)7-12;/h4-5,7,13H,3,6,8-10H2,1-2H3;1H. The van der Waals surface area contributed by atoms with Gasteiger partial charge in [-0.3, -0.25) is 0 Å². The average molecular weight is 270 g/mol. The molecule has 1 aliphatic carbocycles. The van der Waals surface area contributed by atoms with Gasteiger partial charge in [0.15, 0.2) is 0 Å². The summed E-state index contributed by atoms with van der Waals surface area (Å²) in [5, 5.41) is 0. The number of hydrogen-bond acceptors (Lipinski definition) is 1. The number of hydrogen-bond donors (Lipinski definition) is 0. The first-order valence-corrected chi connectivity index (χ1v) is 6.65. The Kier molecular flexibility index (Phi) is 3.70. The number of likely N-dealkylation sites (tertiary alicyclic amines) is 1. The van der Waals surface area contributed by atoms with E-state index in [0.717, 1.165) is 18.0 Å². The highest BCUT2D eigenvalue weighted by atomic mass is 35.5. The van der Waals surface area contributed by atoms with Crippen molar-refractivity contribution in [1.29, 1.82) is 0 Å². The normalized spacial score (nSPS) is 29.8. The van der Waals surface area contributed by atoms with Crippen LogP contribution in [0.4, 0.5) is 4.39 Å². The van der Waals surface area contributed by atoms with Gasteiger partial charge in [0, 0.05) is 18.5 Å². The van der Waals surface area contributed by atoms with E-state index >= 15 is 0 Å². The summed E-state index contributed by atoms with van der Waals surface area (Å²) < 4.78 is 13.7. The topological polar surface area (TPSA) is 3.24 Å². The van der Waals surface area contributed by atoms with E-state index in [9.17, 15) is 4.39 Å². The zero-order chi connectivity index (χ0) is 12.0. The number of rotatable bonds is 3. The van der Waals surface area contributed by atoms with Gasteiger partial charge in [0.05, 0.1) is 0 Å². The van der Waals surface area contributed by atoms with Gasteiger partial charge in [-0.05, 0) is 49.4 Å². The third-order valence-corrected chi connectivity index (χ3v) is 4.50. The predicted octanol–water partition coefficient (Wildman–Crippen LogP) is 3.54. The Morgan fingerprint density at radius 1 is 1.44 bits per heavy atom. The van der Waals surface area contributed by atoms with Crippen LogP contribution in [0.2, 0.25) is 0 Å². The van der Waals surface area contributed by atoms with Gasteiger partial charge in [-0.2, -0.15) is 0 Å². The van der Waals surface area contributed by atoms with Crippen LogP contribution in [0.3, 0.4) is 0 Å². The van der Waals surface area contributed by atoms with Gasteiger partial charge in [0.2, 0.25) is 0 Å². The molecule has 18 heavy (non-hydrogen) atoms. The molecule has 0 radical (unpaired) electrons. The zero-order valence-electron chi connectivity index (χ0n) is 11.1.